The van der Waals surface area contributed by atoms with Gasteiger partial charge in [0.15, 0.2) is 0 Å². The number of hydrogen-bond acceptors (Lipinski definition) is 0. The molecule has 2 bridgehead atoms. The van der Waals surface area contributed by atoms with E-state index in [-0.39, 0.29) is 0 Å². The van der Waals surface area contributed by atoms with Crippen LogP contribution >= 0.6 is 0 Å². The topological polar surface area (TPSA) is 0 Å². The highest BCUT2D eigenvalue weighted by molar-refractivity contribution is 5.33. The van der Waals surface area contributed by atoms with E-state index in [4.69, 9.17) is 0 Å². The second-order valence-electron chi connectivity index (χ2n) is 4.30. The Balaban J connectivity index is 2.44. The van der Waals surface area contributed by atoms with Crippen LogP contribution < -0.4 is 0 Å². The third-order valence-corrected chi connectivity index (χ3v) is 3.47. The Labute approximate surface area is 69.0 Å². The maximum absolute atomic E-state index is 2.40. The first-order valence-corrected chi connectivity index (χ1v) is 4.51. The lowest BCUT2D eigenvalue weighted by atomic mass is 9.76. The molecule has 1 fully saturated rings. The van der Waals surface area contributed by atoms with Gasteiger partial charge in [-0.1, -0.05) is 37.6 Å². The predicted molar refractivity (Wildman–Crippen MR) is 48.3 cm³/mol. The molecule has 11 heavy (non-hydrogen) atoms. The van der Waals surface area contributed by atoms with Gasteiger partial charge in [0.1, 0.15) is 0 Å². The summed E-state index contributed by atoms with van der Waals surface area (Å²) < 4.78 is 0. The molecule has 0 aliphatic heterocycles. The molecule has 0 heterocycles. The van der Waals surface area contributed by atoms with E-state index in [0.29, 0.717) is 5.41 Å². The number of allylic oxidation sites excluding steroid dienone is 4. The Morgan fingerprint density at radius 2 is 2.18 bits per heavy atom. The van der Waals surface area contributed by atoms with Gasteiger partial charge in [-0.05, 0) is 30.6 Å². The standard InChI is InChI=1S/C11H16/c1-4-10-8-5-6-9(7-8)11(10,2)3/h4-6,8-9H,7H2,1-3H3/b10-4+. The molecule has 1 saturated carbocycles. The Morgan fingerprint density at radius 1 is 1.45 bits per heavy atom. The summed E-state index contributed by atoms with van der Waals surface area (Å²) >= 11 is 0. The van der Waals surface area contributed by atoms with Crippen molar-refractivity contribution in [3.05, 3.63) is 23.8 Å². The van der Waals surface area contributed by atoms with Gasteiger partial charge < -0.3 is 0 Å². The number of rotatable bonds is 0. The van der Waals surface area contributed by atoms with Crippen molar-refractivity contribution >= 4 is 0 Å². The molecular formula is C11H16. The molecule has 0 N–H and O–H groups in total. The zero-order valence-corrected chi connectivity index (χ0v) is 7.59. The van der Waals surface area contributed by atoms with Crippen LogP contribution in [0.1, 0.15) is 27.2 Å². The van der Waals surface area contributed by atoms with Gasteiger partial charge in [0.05, 0.1) is 0 Å². The Kier molecular flexibility index (Phi) is 1.30. The zero-order chi connectivity index (χ0) is 8.06. The molecule has 2 rings (SSSR count). The highest BCUT2D eigenvalue weighted by atomic mass is 14.5. The van der Waals surface area contributed by atoms with Gasteiger partial charge in [0, 0.05) is 0 Å². The largest absolute Gasteiger partial charge is 0.0873 e. The lowest BCUT2D eigenvalue weighted by molar-refractivity contribution is 0.368. The van der Waals surface area contributed by atoms with Gasteiger partial charge in [-0.25, -0.2) is 0 Å². The Hall–Kier alpha value is -0.520. The first-order chi connectivity index (χ1) is 5.16. The van der Waals surface area contributed by atoms with E-state index in [1.165, 1.54) is 6.42 Å². The van der Waals surface area contributed by atoms with Crippen molar-refractivity contribution in [2.24, 2.45) is 17.3 Å². The summed E-state index contributed by atoms with van der Waals surface area (Å²) in [5.41, 5.74) is 2.11. The highest BCUT2D eigenvalue weighted by Crippen LogP contribution is 2.55. The van der Waals surface area contributed by atoms with E-state index in [1.54, 1.807) is 5.57 Å². The van der Waals surface area contributed by atoms with Gasteiger partial charge in [-0.3, -0.25) is 0 Å². The smallest absolute Gasteiger partial charge is 0.00118 e. The molecule has 0 amide bonds. The van der Waals surface area contributed by atoms with Crippen LogP contribution in [0.2, 0.25) is 0 Å². The van der Waals surface area contributed by atoms with Crippen LogP contribution in [0, 0.1) is 17.3 Å². The molecule has 0 nitrogen and oxygen atoms in total. The predicted octanol–water partition coefficient (Wildman–Crippen LogP) is 3.16. The number of fused-ring (bicyclic) bond motifs is 2. The second kappa shape index (κ2) is 2.00. The maximum Gasteiger partial charge on any atom is -0.00118 e. The molecule has 0 radical (unpaired) electrons. The fourth-order valence-corrected chi connectivity index (χ4v) is 2.74. The van der Waals surface area contributed by atoms with Crippen molar-refractivity contribution in [1.29, 1.82) is 0 Å². The molecule has 0 aromatic heterocycles. The van der Waals surface area contributed by atoms with E-state index in [0.717, 1.165) is 11.8 Å². The Bertz CT molecular complexity index is 230. The van der Waals surface area contributed by atoms with Crippen LogP contribution in [0.25, 0.3) is 0 Å². The molecule has 60 valence electrons. The van der Waals surface area contributed by atoms with Crippen LogP contribution in [-0.4, -0.2) is 0 Å². The van der Waals surface area contributed by atoms with Gasteiger partial charge in [0.25, 0.3) is 0 Å². The van der Waals surface area contributed by atoms with Crippen LogP contribution in [0.5, 0.6) is 0 Å². The normalized spacial score (nSPS) is 42.3. The lowest BCUT2D eigenvalue weighted by Gasteiger charge is -2.29. The maximum atomic E-state index is 2.40. The van der Waals surface area contributed by atoms with Crippen molar-refractivity contribution in [3.8, 4) is 0 Å². The van der Waals surface area contributed by atoms with Crippen molar-refractivity contribution in [2.75, 3.05) is 0 Å². The third-order valence-electron chi connectivity index (χ3n) is 3.47. The average Bonchev–Trinajstić information content (AvgIpc) is 2.44. The van der Waals surface area contributed by atoms with E-state index >= 15 is 0 Å². The number of hydrogen-bond donors (Lipinski definition) is 0. The quantitative estimate of drug-likeness (QED) is 0.463. The third kappa shape index (κ3) is 0.756. The fourth-order valence-electron chi connectivity index (χ4n) is 2.74. The molecule has 2 atom stereocenters. The molecule has 2 unspecified atom stereocenters. The van der Waals surface area contributed by atoms with Gasteiger partial charge in [-0.2, -0.15) is 0 Å². The minimum atomic E-state index is 0.453. The molecule has 0 aromatic carbocycles. The van der Waals surface area contributed by atoms with Gasteiger partial charge in [0.2, 0.25) is 0 Å². The molecule has 2 aliphatic carbocycles. The van der Waals surface area contributed by atoms with Gasteiger partial charge in [-0.15, -0.1) is 0 Å². The summed E-state index contributed by atoms with van der Waals surface area (Å²) in [7, 11) is 0. The van der Waals surface area contributed by atoms with Crippen molar-refractivity contribution in [1.82, 2.24) is 0 Å². The molecule has 0 aromatic rings. The van der Waals surface area contributed by atoms with Crippen LogP contribution in [0.3, 0.4) is 0 Å². The summed E-state index contributed by atoms with van der Waals surface area (Å²) in [5, 5.41) is 0. The minimum absolute atomic E-state index is 0.453. The lowest BCUT2D eigenvalue weighted by Crippen LogP contribution is -2.19. The fraction of sp³-hybridized carbons (Fsp3) is 0.636. The SMILES string of the molecule is C/C=C1\C2C=CC(C2)C1(C)C. The van der Waals surface area contributed by atoms with E-state index in [1.807, 2.05) is 0 Å². The minimum Gasteiger partial charge on any atom is -0.0873 e. The van der Waals surface area contributed by atoms with Crippen molar-refractivity contribution in [3.63, 3.8) is 0 Å². The monoisotopic (exact) mass is 148 g/mol. The van der Waals surface area contributed by atoms with Crippen LogP contribution in [0.15, 0.2) is 23.8 Å². The van der Waals surface area contributed by atoms with Crippen molar-refractivity contribution in [2.45, 2.75) is 27.2 Å². The first-order valence-electron chi connectivity index (χ1n) is 4.51. The molecular weight excluding hydrogens is 132 g/mol. The molecule has 2 aliphatic rings. The molecule has 0 spiro atoms. The summed E-state index contributed by atoms with van der Waals surface area (Å²) in [5.74, 6) is 1.60. The highest BCUT2D eigenvalue weighted by Gasteiger charge is 2.45. The van der Waals surface area contributed by atoms with Crippen LogP contribution in [-0.2, 0) is 0 Å². The van der Waals surface area contributed by atoms with Crippen LogP contribution in [0.4, 0.5) is 0 Å². The summed E-state index contributed by atoms with van der Waals surface area (Å²) in [6.45, 7) is 6.92. The molecule has 0 heteroatoms. The molecule has 0 saturated heterocycles. The average molecular weight is 148 g/mol. The van der Waals surface area contributed by atoms with Crippen molar-refractivity contribution < 1.29 is 0 Å². The summed E-state index contributed by atoms with van der Waals surface area (Å²) in [6, 6.07) is 0. The Morgan fingerprint density at radius 3 is 2.55 bits per heavy atom. The van der Waals surface area contributed by atoms with E-state index in [2.05, 4.69) is 39.0 Å². The first kappa shape index (κ1) is 7.15. The summed E-state index contributed by atoms with van der Waals surface area (Å²) in [6.07, 6.45) is 8.46. The second-order valence-corrected chi connectivity index (χ2v) is 4.30. The zero-order valence-electron chi connectivity index (χ0n) is 7.59. The summed E-state index contributed by atoms with van der Waals surface area (Å²) in [4.78, 5) is 0. The van der Waals surface area contributed by atoms with E-state index in [9.17, 15) is 0 Å². The van der Waals surface area contributed by atoms with E-state index < -0.39 is 0 Å². The van der Waals surface area contributed by atoms with Gasteiger partial charge >= 0.3 is 0 Å².